The molecule has 1 aromatic heterocycles. The lowest BCUT2D eigenvalue weighted by atomic mass is 10.1. The Morgan fingerprint density at radius 1 is 1.14 bits per heavy atom. The highest BCUT2D eigenvalue weighted by Gasteiger charge is 2.09. The van der Waals surface area contributed by atoms with E-state index in [9.17, 15) is 4.79 Å². The molecule has 1 heterocycles. The summed E-state index contributed by atoms with van der Waals surface area (Å²) in [6.45, 7) is 0.287. The number of ether oxygens (including phenoxy) is 2. The highest BCUT2D eigenvalue weighted by Crippen LogP contribution is 2.25. The van der Waals surface area contributed by atoms with Crippen molar-refractivity contribution in [3.63, 3.8) is 0 Å². The lowest BCUT2D eigenvalue weighted by Crippen LogP contribution is -2.04. The van der Waals surface area contributed by atoms with Crippen molar-refractivity contribution in [2.45, 2.75) is 6.61 Å². The fourth-order valence-electron chi connectivity index (χ4n) is 2.17. The maximum atomic E-state index is 11.7. The van der Waals surface area contributed by atoms with Crippen molar-refractivity contribution in [2.75, 3.05) is 7.11 Å². The predicted octanol–water partition coefficient (Wildman–Crippen LogP) is 3.99. The number of fused-ring (bicyclic) bond motifs is 1. The molecular formula is C17H13IO4. The highest BCUT2D eigenvalue weighted by atomic mass is 127. The monoisotopic (exact) mass is 408 g/mol. The molecule has 0 spiro atoms. The Bertz CT molecular complexity index is 870. The van der Waals surface area contributed by atoms with Crippen LogP contribution in [0, 0.1) is 3.57 Å². The van der Waals surface area contributed by atoms with Crippen LogP contribution in [0.5, 0.6) is 11.5 Å². The second kappa shape index (κ2) is 6.39. The molecule has 0 saturated heterocycles. The molecule has 0 radical (unpaired) electrons. The molecule has 3 rings (SSSR count). The number of rotatable bonds is 4. The summed E-state index contributed by atoms with van der Waals surface area (Å²) in [4.78, 5) is 11.7. The predicted molar refractivity (Wildman–Crippen MR) is 92.5 cm³/mol. The number of hydrogen-bond donors (Lipinski definition) is 0. The summed E-state index contributed by atoms with van der Waals surface area (Å²) in [6, 6.07) is 14.5. The summed E-state index contributed by atoms with van der Waals surface area (Å²) in [5.41, 5.74) is 0.901. The van der Waals surface area contributed by atoms with Crippen molar-refractivity contribution in [3.05, 3.63) is 68.1 Å². The van der Waals surface area contributed by atoms with Gasteiger partial charge in [0.2, 0.25) is 0 Å². The Morgan fingerprint density at radius 3 is 2.73 bits per heavy atom. The van der Waals surface area contributed by atoms with Crippen LogP contribution in [0.4, 0.5) is 0 Å². The molecule has 0 aliphatic heterocycles. The van der Waals surface area contributed by atoms with Crippen molar-refractivity contribution in [3.8, 4) is 11.5 Å². The fourth-order valence-corrected chi connectivity index (χ4v) is 2.71. The van der Waals surface area contributed by atoms with Gasteiger partial charge in [-0.1, -0.05) is 12.1 Å². The van der Waals surface area contributed by atoms with E-state index in [0.717, 1.165) is 20.3 Å². The van der Waals surface area contributed by atoms with E-state index in [1.165, 1.54) is 6.07 Å². The Hall–Kier alpha value is -2.02. The maximum absolute atomic E-state index is 11.7. The summed E-state index contributed by atoms with van der Waals surface area (Å²) < 4.78 is 17.3. The van der Waals surface area contributed by atoms with Crippen LogP contribution < -0.4 is 15.1 Å². The van der Waals surface area contributed by atoms with Gasteiger partial charge in [0.1, 0.15) is 23.7 Å². The number of hydrogen-bond acceptors (Lipinski definition) is 4. The molecular weight excluding hydrogens is 395 g/mol. The van der Waals surface area contributed by atoms with Crippen LogP contribution in [0.1, 0.15) is 5.56 Å². The molecule has 0 atom stereocenters. The van der Waals surface area contributed by atoms with E-state index in [1.54, 1.807) is 19.2 Å². The van der Waals surface area contributed by atoms with Crippen LogP contribution in [0.2, 0.25) is 0 Å². The lowest BCUT2D eigenvalue weighted by molar-refractivity contribution is 0.304. The summed E-state index contributed by atoms with van der Waals surface area (Å²) in [5.74, 6) is 1.49. The molecule has 0 amide bonds. The molecule has 0 unspecified atom stereocenters. The standard InChI is InChI=1S/C17H13IO4/c1-20-12-6-7-15-13(9-12)11(8-17(19)22-15)10-21-16-5-3-2-4-14(16)18/h2-9H,10H2,1H3. The molecule has 4 nitrogen and oxygen atoms in total. The quantitative estimate of drug-likeness (QED) is 0.484. The van der Waals surface area contributed by atoms with E-state index in [4.69, 9.17) is 13.9 Å². The third-order valence-corrected chi connectivity index (χ3v) is 4.15. The van der Waals surface area contributed by atoms with E-state index < -0.39 is 0 Å². The number of para-hydroxylation sites is 1. The van der Waals surface area contributed by atoms with Gasteiger partial charge in [0.15, 0.2) is 0 Å². The van der Waals surface area contributed by atoms with E-state index in [0.29, 0.717) is 11.3 Å². The van der Waals surface area contributed by atoms with Gasteiger partial charge in [-0.15, -0.1) is 0 Å². The smallest absolute Gasteiger partial charge is 0.336 e. The van der Waals surface area contributed by atoms with E-state index in [2.05, 4.69) is 22.6 Å². The average Bonchev–Trinajstić information content (AvgIpc) is 2.53. The van der Waals surface area contributed by atoms with Crippen molar-refractivity contribution >= 4 is 33.6 Å². The first-order chi connectivity index (χ1) is 10.7. The van der Waals surface area contributed by atoms with Crippen molar-refractivity contribution in [2.24, 2.45) is 0 Å². The zero-order valence-electron chi connectivity index (χ0n) is 11.8. The van der Waals surface area contributed by atoms with Crippen LogP contribution in [0.3, 0.4) is 0 Å². The number of benzene rings is 2. The van der Waals surface area contributed by atoms with E-state index in [-0.39, 0.29) is 12.2 Å². The minimum atomic E-state index is -0.390. The molecule has 0 bridgehead atoms. The van der Waals surface area contributed by atoms with Crippen LogP contribution in [-0.2, 0) is 6.61 Å². The Labute approximate surface area is 140 Å². The average molecular weight is 408 g/mol. The second-order valence-corrected chi connectivity index (χ2v) is 5.83. The summed E-state index contributed by atoms with van der Waals surface area (Å²) in [6.07, 6.45) is 0. The van der Waals surface area contributed by atoms with Crippen molar-refractivity contribution in [1.29, 1.82) is 0 Å². The van der Waals surface area contributed by atoms with Crippen LogP contribution in [-0.4, -0.2) is 7.11 Å². The van der Waals surface area contributed by atoms with Gasteiger partial charge in [0.25, 0.3) is 0 Å². The Balaban J connectivity index is 1.99. The third kappa shape index (κ3) is 3.09. The van der Waals surface area contributed by atoms with Gasteiger partial charge in [-0.25, -0.2) is 4.79 Å². The fraction of sp³-hybridized carbons (Fsp3) is 0.118. The van der Waals surface area contributed by atoms with Gasteiger partial charge in [-0.3, -0.25) is 0 Å². The summed E-state index contributed by atoms with van der Waals surface area (Å²) in [5, 5.41) is 0.810. The molecule has 0 aliphatic rings. The first kappa shape index (κ1) is 14.9. The highest BCUT2D eigenvalue weighted by molar-refractivity contribution is 14.1. The lowest BCUT2D eigenvalue weighted by Gasteiger charge is -2.10. The third-order valence-electron chi connectivity index (χ3n) is 3.26. The molecule has 0 fully saturated rings. The summed E-state index contributed by atoms with van der Waals surface area (Å²) >= 11 is 2.21. The van der Waals surface area contributed by atoms with Crippen LogP contribution in [0.15, 0.2) is 57.7 Å². The molecule has 22 heavy (non-hydrogen) atoms. The zero-order chi connectivity index (χ0) is 15.5. The second-order valence-electron chi connectivity index (χ2n) is 4.67. The number of halogens is 1. The van der Waals surface area contributed by atoms with Crippen molar-refractivity contribution in [1.82, 2.24) is 0 Å². The van der Waals surface area contributed by atoms with Crippen LogP contribution >= 0.6 is 22.6 Å². The normalized spacial score (nSPS) is 10.6. The van der Waals surface area contributed by atoms with Crippen LogP contribution in [0.25, 0.3) is 11.0 Å². The van der Waals surface area contributed by atoms with Crippen molar-refractivity contribution < 1.29 is 13.9 Å². The summed E-state index contributed by atoms with van der Waals surface area (Å²) in [7, 11) is 1.60. The topological polar surface area (TPSA) is 48.7 Å². The molecule has 3 aromatic rings. The minimum absolute atomic E-state index is 0.287. The van der Waals surface area contributed by atoms with Gasteiger partial charge < -0.3 is 13.9 Å². The Morgan fingerprint density at radius 2 is 1.95 bits per heavy atom. The maximum Gasteiger partial charge on any atom is 0.336 e. The minimum Gasteiger partial charge on any atom is -0.497 e. The molecule has 112 valence electrons. The van der Waals surface area contributed by atoms with Gasteiger partial charge in [0, 0.05) is 17.0 Å². The first-order valence-corrected chi connectivity index (χ1v) is 7.73. The van der Waals surface area contributed by atoms with Gasteiger partial charge in [-0.2, -0.15) is 0 Å². The van der Waals surface area contributed by atoms with E-state index in [1.807, 2.05) is 30.3 Å². The zero-order valence-corrected chi connectivity index (χ0v) is 14.0. The molecule has 2 aromatic carbocycles. The largest absolute Gasteiger partial charge is 0.497 e. The van der Waals surface area contributed by atoms with E-state index >= 15 is 0 Å². The SMILES string of the molecule is COc1ccc2oc(=O)cc(COc3ccccc3I)c2c1. The molecule has 0 saturated carbocycles. The number of methoxy groups -OCH3 is 1. The Kier molecular flexibility index (Phi) is 4.33. The molecule has 0 aliphatic carbocycles. The molecule has 5 heteroatoms. The molecule has 0 N–H and O–H groups in total. The first-order valence-electron chi connectivity index (χ1n) is 6.65. The van der Waals surface area contributed by atoms with Gasteiger partial charge in [-0.05, 0) is 52.9 Å². The van der Waals surface area contributed by atoms with Gasteiger partial charge >= 0.3 is 5.63 Å². The van der Waals surface area contributed by atoms with Gasteiger partial charge in [0.05, 0.1) is 10.7 Å².